The quantitative estimate of drug-likeness (QED) is 0.833. The number of aromatic hydroxyl groups is 1. The predicted octanol–water partition coefficient (Wildman–Crippen LogP) is 3.71. The molecule has 82 valence electrons. The summed E-state index contributed by atoms with van der Waals surface area (Å²) in [4.78, 5) is 0. The summed E-state index contributed by atoms with van der Waals surface area (Å²) in [6.45, 7) is 0. The van der Waals surface area contributed by atoms with E-state index in [9.17, 15) is 5.11 Å². The molecule has 0 aliphatic heterocycles. The van der Waals surface area contributed by atoms with Gasteiger partial charge in [0.1, 0.15) is 11.5 Å². The molecule has 1 aliphatic rings. The van der Waals surface area contributed by atoms with Crippen LogP contribution in [0.5, 0.6) is 11.5 Å². The lowest BCUT2D eigenvalue weighted by molar-refractivity contribution is 0.402. The van der Waals surface area contributed by atoms with Crippen molar-refractivity contribution in [1.82, 2.24) is 0 Å². The van der Waals surface area contributed by atoms with Crippen molar-refractivity contribution in [2.24, 2.45) is 0 Å². The molecule has 0 radical (unpaired) electrons. The molecule has 1 saturated carbocycles. The molecule has 1 fully saturated rings. The maximum atomic E-state index is 9.53. The summed E-state index contributed by atoms with van der Waals surface area (Å²) >= 11 is 6.03. The highest BCUT2D eigenvalue weighted by Gasteiger charge is 2.22. The molecule has 1 aliphatic carbocycles. The lowest BCUT2D eigenvalue weighted by Gasteiger charge is -2.15. The first-order chi connectivity index (χ1) is 7.22. The van der Waals surface area contributed by atoms with E-state index in [1.165, 1.54) is 18.9 Å². The molecule has 0 spiro atoms. The van der Waals surface area contributed by atoms with E-state index in [-0.39, 0.29) is 5.75 Å². The van der Waals surface area contributed by atoms with Crippen molar-refractivity contribution >= 4 is 11.6 Å². The van der Waals surface area contributed by atoms with Crippen LogP contribution in [0.1, 0.15) is 37.2 Å². The second kappa shape index (κ2) is 4.31. The zero-order chi connectivity index (χ0) is 10.8. The van der Waals surface area contributed by atoms with Crippen LogP contribution in [0.3, 0.4) is 0 Å². The standard InChI is InChI=1S/C12H15ClO2/c1-15-12-10(8-4-2-3-5-8)6-9(14)7-11(12)13/h6-8,14H,2-5H2,1H3. The van der Waals surface area contributed by atoms with Crippen molar-refractivity contribution < 1.29 is 9.84 Å². The van der Waals surface area contributed by atoms with Gasteiger partial charge in [0, 0.05) is 11.6 Å². The number of phenolic OH excluding ortho intramolecular Hbond substituents is 1. The van der Waals surface area contributed by atoms with Crippen molar-refractivity contribution in [1.29, 1.82) is 0 Å². The summed E-state index contributed by atoms with van der Waals surface area (Å²) in [6.07, 6.45) is 4.83. The van der Waals surface area contributed by atoms with E-state index >= 15 is 0 Å². The Labute approximate surface area is 94.8 Å². The topological polar surface area (TPSA) is 29.5 Å². The van der Waals surface area contributed by atoms with Crippen LogP contribution in [0.15, 0.2) is 12.1 Å². The summed E-state index contributed by atoms with van der Waals surface area (Å²) in [6, 6.07) is 3.31. The third-order valence-corrected chi connectivity index (χ3v) is 3.34. The maximum absolute atomic E-state index is 9.53. The Hall–Kier alpha value is -0.890. The van der Waals surface area contributed by atoms with E-state index < -0.39 is 0 Å². The van der Waals surface area contributed by atoms with Crippen molar-refractivity contribution in [3.63, 3.8) is 0 Å². The number of benzene rings is 1. The number of methoxy groups -OCH3 is 1. The van der Waals surface area contributed by atoms with E-state index in [2.05, 4.69) is 0 Å². The van der Waals surface area contributed by atoms with Crippen LogP contribution >= 0.6 is 11.6 Å². The maximum Gasteiger partial charge on any atom is 0.141 e. The lowest BCUT2D eigenvalue weighted by Crippen LogP contribution is -1.97. The molecular formula is C12H15ClO2. The smallest absolute Gasteiger partial charge is 0.141 e. The van der Waals surface area contributed by atoms with Crippen molar-refractivity contribution in [3.8, 4) is 11.5 Å². The molecule has 2 rings (SSSR count). The molecule has 0 heterocycles. The molecule has 0 unspecified atom stereocenters. The Morgan fingerprint density at radius 3 is 2.60 bits per heavy atom. The normalized spacial score (nSPS) is 16.9. The van der Waals surface area contributed by atoms with Crippen molar-refractivity contribution in [2.45, 2.75) is 31.6 Å². The molecule has 1 aromatic carbocycles. The third kappa shape index (κ3) is 2.05. The first-order valence-electron chi connectivity index (χ1n) is 5.28. The van der Waals surface area contributed by atoms with Gasteiger partial charge in [-0.25, -0.2) is 0 Å². The number of hydrogen-bond donors (Lipinski definition) is 1. The van der Waals surface area contributed by atoms with E-state index in [1.807, 2.05) is 0 Å². The fourth-order valence-electron chi connectivity index (χ4n) is 2.36. The van der Waals surface area contributed by atoms with Gasteiger partial charge in [0.15, 0.2) is 0 Å². The number of ether oxygens (including phenoxy) is 1. The number of phenols is 1. The highest BCUT2D eigenvalue weighted by molar-refractivity contribution is 6.32. The van der Waals surface area contributed by atoms with E-state index in [4.69, 9.17) is 16.3 Å². The van der Waals surface area contributed by atoms with Crippen LogP contribution in [0, 0.1) is 0 Å². The minimum Gasteiger partial charge on any atom is -0.508 e. The number of rotatable bonds is 2. The zero-order valence-corrected chi connectivity index (χ0v) is 9.55. The van der Waals surface area contributed by atoms with E-state index in [0.29, 0.717) is 10.9 Å². The summed E-state index contributed by atoms with van der Waals surface area (Å²) < 4.78 is 5.30. The number of halogens is 1. The average Bonchev–Trinajstić information content (AvgIpc) is 2.69. The minimum atomic E-state index is 0.225. The molecule has 0 amide bonds. The molecule has 1 N–H and O–H groups in total. The SMILES string of the molecule is COc1c(Cl)cc(O)cc1C1CCCC1. The summed E-state index contributed by atoms with van der Waals surface area (Å²) in [5.74, 6) is 1.44. The van der Waals surface area contributed by atoms with Gasteiger partial charge < -0.3 is 9.84 Å². The van der Waals surface area contributed by atoms with Crippen LogP contribution in [-0.2, 0) is 0 Å². The Bertz CT molecular complexity index is 357. The largest absolute Gasteiger partial charge is 0.508 e. The Morgan fingerprint density at radius 2 is 2.00 bits per heavy atom. The molecule has 3 heteroatoms. The fourth-order valence-corrected chi connectivity index (χ4v) is 2.65. The van der Waals surface area contributed by atoms with Gasteiger partial charge in [0.25, 0.3) is 0 Å². The minimum absolute atomic E-state index is 0.225. The second-order valence-electron chi connectivity index (χ2n) is 4.03. The van der Waals surface area contributed by atoms with Crippen molar-refractivity contribution in [3.05, 3.63) is 22.7 Å². The summed E-state index contributed by atoms with van der Waals surface area (Å²) in [5.41, 5.74) is 1.06. The molecule has 0 aromatic heterocycles. The second-order valence-corrected chi connectivity index (χ2v) is 4.44. The summed E-state index contributed by atoms with van der Waals surface area (Å²) in [5, 5.41) is 10.0. The third-order valence-electron chi connectivity index (χ3n) is 3.06. The zero-order valence-electron chi connectivity index (χ0n) is 8.79. The van der Waals surface area contributed by atoms with Crippen LogP contribution in [0.2, 0.25) is 5.02 Å². The lowest BCUT2D eigenvalue weighted by atomic mass is 9.96. The first kappa shape index (κ1) is 10.6. The van der Waals surface area contributed by atoms with E-state index in [0.717, 1.165) is 24.2 Å². The Kier molecular flexibility index (Phi) is 3.06. The average molecular weight is 227 g/mol. The van der Waals surface area contributed by atoms with Crippen LogP contribution in [0.4, 0.5) is 0 Å². The van der Waals surface area contributed by atoms with Gasteiger partial charge in [0.2, 0.25) is 0 Å². The van der Waals surface area contributed by atoms with Gasteiger partial charge in [-0.15, -0.1) is 0 Å². The van der Waals surface area contributed by atoms with Crippen molar-refractivity contribution in [2.75, 3.05) is 7.11 Å². The molecule has 0 atom stereocenters. The van der Waals surface area contributed by atoms with Crippen LogP contribution in [0.25, 0.3) is 0 Å². The Morgan fingerprint density at radius 1 is 1.33 bits per heavy atom. The molecule has 15 heavy (non-hydrogen) atoms. The first-order valence-corrected chi connectivity index (χ1v) is 5.66. The Balaban J connectivity index is 2.42. The van der Waals surface area contributed by atoms with Gasteiger partial charge in [-0.3, -0.25) is 0 Å². The highest BCUT2D eigenvalue weighted by Crippen LogP contribution is 2.43. The summed E-state index contributed by atoms with van der Waals surface area (Å²) in [7, 11) is 1.62. The van der Waals surface area contributed by atoms with Gasteiger partial charge >= 0.3 is 0 Å². The molecule has 1 aromatic rings. The molecule has 2 nitrogen and oxygen atoms in total. The van der Waals surface area contributed by atoms with Crippen LogP contribution < -0.4 is 4.74 Å². The molecule has 0 bridgehead atoms. The monoisotopic (exact) mass is 226 g/mol. The molecular weight excluding hydrogens is 212 g/mol. The molecule has 0 saturated heterocycles. The van der Waals surface area contributed by atoms with Gasteiger partial charge in [-0.2, -0.15) is 0 Å². The predicted molar refractivity (Wildman–Crippen MR) is 60.9 cm³/mol. The van der Waals surface area contributed by atoms with Gasteiger partial charge in [0.05, 0.1) is 12.1 Å². The fraction of sp³-hybridized carbons (Fsp3) is 0.500. The number of hydrogen-bond acceptors (Lipinski definition) is 2. The van der Waals surface area contributed by atoms with Gasteiger partial charge in [-0.1, -0.05) is 24.4 Å². The highest BCUT2D eigenvalue weighted by atomic mass is 35.5. The van der Waals surface area contributed by atoms with E-state index in [1.54, 1.807) is 13.2 Å². The van der Waals surface area contributed by atoms with Gasteiger partial charge in [-0.05, 0) is 24.8 Å². The van der Waals surface area contributed by atoms with Crippen LogP contribution in [-0.4, -0.2) is 12.2 Å².